The van der Waals surface area contributed by atoms with Crippen LogP contribution in [0.5, 0.6) is 0 Å². The average Bonchev–Trinajstić information content (AvgIpc) is 2.21. The first-order chi connectivity index (χ1) is 7.54. The number of unbranched alkanes of at least 4 members (excludes halogenated alkanes) is 2. The molecule has 5 nitrogen and oxygen atoms in total. The van der Waals surface area contributed by atoms with Crippen LogP contribution in [0.15, 0.2) is 23.9 Å². The third-order valence-electron chi connectivity index (χ3n) is 2.02. The van der Waals surface area contributed by atoms with Crippen LogP contribution in [0.1, 0.15) is 39.0 Å². The number of carboxylic acids is 1. The van der Waals surface area contributed by atoms with Gasteiger partial charge in [0.15, 0.2) is 0 Å². The highest BCUT2D eigenvalue weighted by molar-refractivity contribution is 5.66. The number of allylic oxidation sites excluding steroid dienone is 4. The van der Waals surface area contributed by atoms with E-state index in [0.717, 1.165) is 12.8 Å². The average molecular weight is 227 g/mol. The number of nitrogens with zero attached hydrogens (tertiary/aromatic N) is 1. The summed E-state index contributed by atoms with van der Waals surface area (Å²) in [4.78, 5) is 20.0. The zero-order valence-electron chi connectivity index (χ0n) is 9.39. The van der Waals surface area contributed by atoms with Crippen LogP contribution in [0, 0.1) is 10.1 Å². The van der Waals surface area contributed by atoms with Gasteiger partial charge in [0.1, 0.15) is 0 Å². The lowest BCUT2D eigenvalue weighted by atomic mass is 10.2. The molecule has 1 N–H and O–H groups in total. The molecule has 0 aliphatic rings. The molecule has 0 atom stereocenters. The molecule has 0 heterocycles. The predicted octanol–water partition coefficient (Wildman–Crippen LogP) is 2.76. The monoisotopic (exact) mass is 227 g/mol. The predicted molar refractivity (Wildman–Crippen MR) is 60.6 cm³/mol. The second kappa shape index (κ2) is 8.64. The molecule has 0 spiro atoms. The first-order valence-corrected chi connectivity index (χ1v) is 5.22. The lowest BCUT2D eigenvalue weighted by Gasteiger charge is -1.92. The molecule has 0 aromatic rings. The summed E-state index contributed by atoms with van der Waals surface area (Å²) in [5, 5.41) is 18.6. The van der Waals surface area contributed by atoms with E-state index in [4.69, 9.17) is 5.11 Å². The van der Waals surface area contributed by atoms with Crippen molar-refractivity contribution in [3.05, 3.63) is 34.0 Å². The first kappa shape index (κ1) is 14.3. The Balaban J connectivity index is 3.52. The summed E-state index contributed by atoms with van der Waals surface area (Å²) in [5.74, 6) is -0.770. The maximum Gasteiger partial charge on any atom is 0.303 e. The molecule has 0 aliphatic carbocycles. The van der Waals surface area contributed by atoms with Gasteiger partial charge in [-0.15, -0.1) is 0 Å². The Kier molecular flexibility index (Phi) is 7.75. The molecule has 0 aliphatic heterocycles. The highest BCUT2D eigenvalue weighted by Crippen LogP contribution is 2.02. The molecule has 0 saturated carbocycles. The number of hydrogen-bond donors (Lipinski definition) is 1. The summed E-state index contributed by atoms with van der Waals surface area (Å²) in [6.45, 7) is 1.46. The Morgan fingerprint density at radius 1 is 1.38 bits per heavy atom. The van der Waals surface area contributed by atoms with E-state index in [1.54, 1.807) is 6.08 Å². The van der Waals surface area contributed by atoms with Crippen molar-refractivity contribution in [2.75, 3.05) is 0 Å². The number of rotatable bonds is 8. The van der Waals surface area contributed by atoms with Gasteiger partial charge in [-0.3, -0.25) is 14.9 Å². The van der Waals surface area contributed by atoms with Crippen molar-refractivity contribution in [1.29, 1.82) is 0 Å². The second-order valence-electron chi connectivity index (χ2n) is 3.45. The van der Waals surface area contributed by atoms with Crippen LogP contribution in [0.3, 0.4) is 0 Å². The normalized spacial score (nSPS) is 11.9. The fourth-order valence-electron chi connectivity index (χ4n) is 1.07. The summed E-state index contributed by atoms with van der Waals surface area (Å²) in [6, 6.07) is 0. The van der Waals surface area contributed by atoms with E-state index in [1.165, 1.54) is 6.92 Å². The SMILES string of the molecule is C/C(=C\C/C=C\CCCCC(=O)O)[N+](=O)[O-]. The van der Waals surface area contributed by atoms with Gasteiger partial charge in [-0.1, -0.05) is 12.2 Å². The van der Waals surface area contributed by atoms with Crippen LogP contribution >= 0.6 is 0 Å². The van der Waals surface area contributed by atoms with Crippen molar-refractivity contribution in [2.45, 2.75) is 39.0 Å². The van der Waals surface area contributed by atoms with Gasteiger partial charge in [0.25, 0.3) is 0 Å². The first-order valence-electron chi connectivity index (χ1n) is 5.22. The van der Waals surface area contributed by atoms with Crippen LogP contribution in [0.25, 0.3) is 0 Å². The third-order valence-corrected chi connectivity index (χ3v) is 2.02. The van der Waals surface area contributed by atoms with Crippen molar-refractivity contribution in [3.8, 4) is 0 Å². The smallest absolute Gasteiger partial charge is 0.303 e. The van der Waals surface area contributed by atoms with Crippen LogP contribution < -0.4 is 0 Å². The Morgan fingerprint density at radius 3 is 2.62 bits per heavy atom. The zero-order chi connectivity index (χ0) is 12.4. The molecule has 0 aromatic carbocycles. The molecule has 0 rings (SSSR count). The molecule has 0 unspecified atom stereocenters. The maximum absolute atomic E-state index is 10.2. The molecule has 0 aromatic heterocycles. The zero-order valence-corrected chi connectivity index (χ0v) is 9.39. The van der Waals surface area contributed by atoms with Crippen LogP contribution in [-0.4, -0.2) is 16.0 Å². The van der Waals surface area contributed by atoms with Crippen molar-refractivity contribution < 1.29 is 14.8 Å². The number of nitro groups is 1. The Morgan fingerprint density at radius 2 is 2.06 bits per heavy atom. The number of carbonyl (C=O) groups is 1. The molecular weight excluding hydrogens is 210 g/mol. The third kappa shape index (κ3) is 8.93. The van der Waals surface area contributed by atoms with Crippen LogP contribution in [0.2, 0.25) is 0 Å². The molecule has 16 heavy (non-hydrogen) atoms. The van der Waals surface area contributed by atoms with E-state index in [1.807, 2.05) is 12.2 Å². The topological polar surface area (TPSA) is 80.4 Å². The molecule has 5 heteroatoms. The Labute approximate surface area is 94.6 Å². The largest absolute Gasteiger partial charge is 0.481 e. The quantitative estimate of drug-likeness (QED) is 0.299. The van der Waals surface area contributed by atoms with Gasteiger partial charge >= 0.3 is 5.97 Å². The fourth-order valence-corrected chi connectivity index (χ4v) is 1.07. The van der Waals surface area contributed by atoms with E-state index in [2.05, 4.69) is 0 Å². The van der Waals surface area contributed by atoms with Crippen molar-refractivity contribution in [1.82, 2.24) is 0 Å². The Bertz CT molecular complexity index is 294. The second-order valence-corrected chi connectivity index (χ2v) is 3.45. The number of hydrogen-bond acceptors (Lipinski definition) is 3. The number of aliphatic carboxylic acids is 1. The maximum atomic E-state index is 10.2. The molecule has 90 valence electrons. The molecule has 0 bridgehead atoms. The van der Waals surface area contributed by atoms with E-state index in [0.29, 0.717) is 12.8 Å². The lowest BCUT2D eigenvalue weighted by molar-refractivity contribution is -0.424. The summed E-state index contributed by atoms with van der Waals surface area (Å²) in [6.07, 6.45) is 8.40. The Hall–Kier alpha value is -1.65. The minimum atomic E-state index is -0.770. The van der Waals surface area contributed by atoms with Crippen molar-refractivity contribution in [2.24, 2.45) is 0 Å². The molecule has 0 radical (unpaired) electrons. The minimum absolute atomic E-state index is 0.149. The van der Waals surface area contributed by atoms with Gasteiger partial charge in [-0.05, 0) is 31.8 Å². The van der Waals surface area contributed by atoms with Gasteiger partial charge < -0.3 is 5.11 Å². The van der Waals surface area contributed by atoms with Crippen molar-refractivity contribution >= 4 is 5.97 Å². The summed E-state index contributed by atoms with van der Waals surface area (Å²) < 4.78 is 0. The van der Waals surface area contributed by atoms with E-state index in [9.17, 15) is 14.9 Å². The number of carboxylic acid groups (broad SMARTS) is 1. The molecular formula is C11H17NO4. The summed E-state index contributed by atoms with van der Waals surface area (Å²) >= 11 is 0. The van der Waals surface area contributed by atoms with E-state index in [-0.39, 0.29) is 12.1 Å². The summed E-state index contributed by atoms with van der Waals surface area (Å²) in [5.41, 5.74) is 0.149. The molecule has 0 fully saturated rings. The molecule has 0 saturated heterocycles. The van der Waals surface area contributed by atoms with Gasteiger partial charge in [0, 0.05) is 13.3 Å². The highest BCUT2D eigenvalue weighted by Gasteiger charge is 1.98. The van der Waals surface area contributed by atoms with Gasteiger partial charge in [0.2, 0.25) is 5.70 Å². The summed E-state index contributed by atoms with van der Waals surface area (Å²) in [7, 11) is 0. The fraction of sp³-hybridized carbons (Fsp3) is 0.545. The van der Waals surface area contributed by atoms with Crippen molar-refractivity contribution in [3.63, 3.8) is 0 Å². The standard InChI is InChI=1S/C11H17NO4/c1-10(12(15)16)8-6-4-2-3-5-7-9-11(13)14/h2,4,8H,3,5-7,9H2,1H3,(H,13,14)/b4-2-,10-8+. The molecule has 0 amide bonds. The van der Waals surface area contributed by atoms with Gasteiger partial charge in [-0.25, -0.2) is 0 Å². The minimum Gasteiger partial charge on any atom is -0.481 e. The van der Waals surface area contributed by atoms with Gasteiger partial charge in [-0.2, -0.15) is 0 Å². The van der Waals surface area contributed by atoms with Crippen LogP contribution in [-0.2, 0) is 4.79 Å². The lowest BCUT2D eigenvalue weighted by Crippen LogP contribution is -1.93. The van der Waals surface area contributed by atoms with E-state index >= 15 is 0 Å². The van der Waals surface area contributed by atoms with Crippen LogP contribution in [0.4, 0.5) is 0 Å². The van der Waals surface area contributed by atoms with E-state index < -0.39 is 10.9 Å². The van der Waals surface area contributed by atoms with Gasteiger partial charge in [0.05, 0.1) is 4.92 Å². The highest BCUT2D eigenvalue weighted by atomic mass is 16.6.